The number of rotatable bonds is 1. The quantitative estimate of drug-likeness (QED) is 0.729. The largest absolute Gasteiger partial charge is 0.479 e. The minimum atomic E-state index is 0.327. The number of halogens is 1. The van der Waals surface area contributed by atoms with Crippen LogP contribution in [-0.2, 0) is 0 Å². The fourth-order valence-corrected chi connectivity index (χ4v) is 1.46. The van der Waals surface area contributed by atoms with Crippen LogP contribution in [0, 0.1) is 0 Å². The van der Waals surface area contributed by atoms with E-state index < -0.39 is 0 Å². The maximum atomic E-state index is 5.87. The zero-order chi connectivity index (χ0) is 10.1. The van der Waals surface area contributed by atoms with E-state index in [1.165, 1.54) is 7.11 Å². The van der Waals surface area contributed by atoms with Gasteiger partial charge in [-0.2, -0.15) is 0 Å². The summed E-state index contributed by atoms with van der Waals surface area (Å²) in [7, 11) is 1.54. The number of aromatic nitrogens is 2. The van der Waals surface area contributed by atoms with Crippen molar-refractivity contribution in [3.8, 4) is 5.88 Å². The Balaban J connectivity index is 2.84. The van der Waals surface area contributed by atoms with Gasteiger partial charge in [-0.25, -0.2) is 0 Å². The number of anilines is 1. The van der Waals surface area contributed by atoms with Gasteiger partial charge in [0, 0.05) is 16.5 Å². The standard InChI is InChI=1S/C9H8ClN3O/c1-14-9-6-3-2-5(11)4-7(6)8(10)12-13-9/h2-4H,11H2,1H3. The van der Waals surface area contributed by atoms with Gasteiger partial charge in [0.2, 0.25) is 5.88 Å². The molecule has 0 spiro atoms. The van der Waals surface area contributed by atoms with Crippen LogP contribution in [0.25, 0.3) is 10.8 Å². The highest BCUT2D eigenvalue weighted by Crippen LogP contribution is 2.28. The highest BCUT2D eigenvalue weighted by Gasteiger charge is 2.07. The van der Waals surface area contributed by atoms with Crippen LogP contribution in [0.15, 0.2) is 18.2 Å². The molecule has 4 nitrogen and oxygen atoms in total. The number of methoxy groups -OCH3 is 1. The van der Waals surface area contributed by atoms with E-state index in [9.17, 15) is 0 Å². The van der Waals surface area contributed by atoms with Gasteiger partial charge in [-0.3, -0.25) is 0 Å². The zero-order valence-electron chi connectivity index (χ0n) is 7.49. The second-order valence-electron chi connectivity index (χ2n) is 2.81. The van der Waals surface area contributed by atoms with E-state index in [2.05, 4.69) is 10.2 Å². The van der Waals surface area contributed by atoms with Crippen LogP contribution in [0.2, 0.25) is 5.15 Å². The molecule has 0 saturated carbocycles. The van der Waals surface area contributed by atoms with Gasteiger partial charge in [-0.05, 0) is 18.2 Å². The number of ether oxygens (including phenoxy) is 1. The molecule has 0 atom stereocenters. The fourth-order valence-electron chi connectivity index (χ4n) is 1.27. The van der Waals surface area contributed by atoms with Gasteiger partial charge < -0.3 is 10.5 Å². The van der Waals surface area contributed by atoms with E-state index in [1.54, 1.807) is 12.1 Å². The smallest absolute Gasteiger partial charge is 0.241 e. The predicted octanol–water partition coefficient (Wildman–Crippen LogP) is 1.87. The van der Waals surface area contributed by atoms with Crippen molar-refractivity contribution in [3.05, 3.63) is 23.4 Å². The van der Waals surface area contributed by atoms with Crippen LogP contribution >= 0.6 is 11.6 Å². The number of hydrogen-bond acceptors (Lipinski definition) is 4. The maximum Gasteiger partial charge on any atom is 0.241 e. The third kappa shape index (κ3) is 1.33. The van der Waals surface area contributed by atoms with E-state index in [1.807, 2.05) is 6.07 Å². The van der Waals surface area contributed by atoms with Crippen molar-refractivity contribution < 1.29 is 4.74 Å². The lowest BCUT2D eigenvalue weighted by atomic mass is 10.2. The summed E-state index contributed by atoms with van der Waals surface area (Å²) in [6.45, 7) is 0. The second kappa shape index (κ2) is 3.31. The van der Waals surface area contributed by atoms with E-state index >= 15 is 0 Å². The Morgan fingerprint density at radius 1 is 1.29 bits per heavy atom. The predicted molar refractivity (Wildman–Crippen MR) is 55.5 cm³/mol. The Hall–Kier alpha value is -1.55. The Labute approximate surface area is 85.6 Å². The Kier molecular flexibility index (Phi) is 2.13. The molecule has 2 rings (SSSR count). The fraction of sp³-hybridized carbons (Fsp3) is 0.111. The van der Waals surface area contributed by atoms with Crippen molar-refractivity contribution in [1.29, 1.82) is 0 Å². The summed E-state index contributed by atoms with van der Waals surface area (Å²) in [6.07, 6.45) is 0. The van der Waals surface area contributed by atoms with Gasteiger partial charge in [-0.1, -0.05) is 11.6 Å². The summed E-state index contributed by atoms with van der Waals surface area (Å²) in [6, 6.07) is 5.32. The van der Waals surface area contributed by atoms with Crippen molar-refractivity contribution in [2.24, 2.45) is 0 Å². The molecule has 1 heterocycles. The van der Waals surface area contributed by atoms with Crippen molar-refractivity contribution in [2.75, 3.05) is 12.8 Å². The lowest BCUT2D eigenvalue weighted by Crippen LogP contribution is -1.94. The maximum absolute atomic E-state index is 5.87. The Bertz CT molecular complexity index is 487. The molecule has 2 N–H and O–H groups in total. The van der Waals surface area contributed by atoms with E-state index in [4.69, 9.17) is 22.1 Å². The van der Waals surface area contributed by atoms with Crippen LogP contribution in [0.3, 0.4) is 0 Å². The van der Waals surface area contributed by atoms with Crippen LogP contribution in [0.4, 0.5) is 5.69 Å². The van der Waals surface area contributed by atoms with Crippen molar-refractivity contribution in [2.45, 2.75) is 0 Å². The molecule has 0 amide bonds. The first-order valence-electron chi connectivity index (χ1n) is 3.98. The summed E-state index contributed by atoms with van der Waals surface area (Å²) in [4.78, 5) is 0. The molecule has 0 aliphatic heterocycles. The minimum Gasteiger partial charge on any atom is -0.479 e. The minimum absolute atomic E-state index is 0.327. The molecular formula is C9H8ClN3O. The highest BCUT2D eigenvalue weighted by atomic mass is 35.5. The van der Waals surface area contributed by atoms with Gasteiger partial charge in [-0.15, -0.1) is 10.2 Å². The van der Waals surface area contributed by atoms with Crippen molar-refractivity contribution in [1.82, 2.24) is 10.2 Å². The summed E-state index contributed by atoms with van der Waals surface area (Å²) in [5.74, 6) is 0.449. The van der Waals surface area contributed by atoms with Crippen LogP contribution < -0.4 is 10.5 Å². The average Bonchev–Trinajstić information content (AvgIpc) is 2.19. The monoisotopic (exact) mass is 209 g/mol. The van der Waals surface area contributed by atoms with Crippen LogP contribution in [0.1, 0.15) is 0 Å². The molecule has 1 aromatic heterocycles. The first-order valence-corrected chi connectivity index (χ1v) is 4.35. The van der Waals surface area contributed by atoms with Crippen LogP contribution in [-0.4, -0.2) is 17.3 Å². The third-order valence-electron chi connectivity index (χ3n) is 1.92. The molecule has 5 heteroatoms. The SMILES string of the molecule is COc1nnc(Cl)c2cc(N)ccc12. The van der Waals surface area contributed by atoms with Gasteiger partial charge in [0.1, 0.15) is 0 Å². The lowest BCUT2D eigenvalue weighted by Gasteiger charge is -2.04. The molecule has 2 aromatic rings. The van der Waals surface area contributed by atoms with E-state index in [0.29, 0.717) is 16.7 Å². The second-order valence-corrected chi connectivity index (χ2v) is 3.16. The number of fused-ring (bicyclic) bond motifs is 1. The average molecular weight is 210 g/mol. The molecule has 72 valence electrons. The summed E-state index contributed by atoms with van der Waals surface area (Å²) in [5, 5.41) is 9.45. The number of benzene rings is 1. The zero-order valence-corrected chi connectivity index (χ0v) is 8.25. The molecule has 0 saturated heterocycles. The Morgan fingerprint density at radius 2 is 2.07 bits per heavy atom. The summed E-state index contributed by atoms with van der Waals surface area (Å²) in [5.41, 5.74) is 6.27. The molecule has 14 heavy (non-hydrogen) atoms. The van der Waals surface area contributed by atoms with Gasteiger partial charge >= 0.3 is 0 Å². The summed E-state index contributed by atoms with van der Waals surface area (Å²) < 4.78 is 5.05. The topological polar surface area (TPSA) is 61.0 Å². The molecule has 0 aliphatic carbocycles. The molecule has 0 unspecified atom stereocenters. The first-order chi connectivity index (χ1) is 6.72. The number of nitrogen functional groups attached to an aromatic ring is 1. The van der Waals surface area contributed by atoms with Gasteiger partial charge in [0.15, 0.2) is 5.15 Å². The molecule has 0 aliphatic rings. The van der Waals surface area contributed by atoms with Crippen molar-refractivity contribution in [3.63, 3.8) is 0 Å². The Morgan fingerprint density at radius 3 is 2.79 bits per heavy atom. The van der Waals surface area contributed by atoms with Crippen molar-refractivity contribution >= 4 is 28.1 Å². The normalized spacial score (nSPS) is 10.4. The molecule has 0 bridgehead atoms. The van der Waals surface area contributed by atoms with E-state index in [0.717, 1.165) is 10.8 Å². The number of hydrogen-bond donors (Lipinski definition) is 1. The van der Waals surface area contributed by atoms with Crippen LogP contribution in [0.5, 0.6) is 5.88 Å². The number of nitrogens with two attached hydrogens (primary N) is 1. The third-order valence-corrected chi connectivity index (χ3v) is 2.20. The molecular weight excluding hydrogens is 202 g/mol. The molecule has 0 radical (unpaired) electrons. The lowest BCUT2D eigenvalue weighted by molar-refractivity contribution is 0.398. The van der Waals surface area contributed by atoms with E-state index in [-0.39, 0.29) is 0 Å². The summed E-state index contributed by atoms with van der Waals surface area (Å²) >= 11 is 5.87. The highest BCUT2D eigenvalue weighted by molar-refractivity contribution is 6.34. The molecule has 1 aromatic carbocycles. The van der Waals surface area contributed by atoms with Gasteiger partial charge in [0.25, 0.3) is 0 Å². The number of nitrogens with zero attached hydrogens (tertiary/aromatic N) is 2. The van der Waals surface area contributed by atoms with Gasteiger partial charge in [0.05, 0.1) is 7.11 Å². The first kappa shape index (κ1) is 9.02. The molecule has 0 fully saturated rings.